The summed E-state index contributed by atoms with van der Waals surface area (Å²) >= 11 is 0. The SMILES string of the molecule is CC1CC(c2ncc(-c3ccc(-c4ccc(-c5cnc(C6CC7CC7N6)[nH]5)cc4)cc3)[nH]2)N[C@H]1C. The molecule has 4 heterocycles. The van der Waals surface area contributed by atoms with Gasteiger partial charge in [0.05, 0.1) is 35.9 Å². The van der Waals surface area contributed by atoms with Crippen LogP contribution in [0.25, 0.3) is 33.6 Å². The molecule has 0 spiro atoms. The third-order valence-corrected chi connectivity index (χ3v) is 8.38. The van der Waals surface area contributed by atoms with Crippen LogP contribution in [0.15, 0.2) is 60.9 Å². The van der Waals surface area contributed by atoms with E-state index in [1.165, 1.54) is 29.5 Å². The average molecular weight is 465 g/mol. The van der Waals surface area contributed by atoms with Crippen LogP contribution in [0, 0.1) is 11.8 Å². The fourth-order valence-electron chi connectivity index (χ4n) is 5.85. The molecule has 2 aromatic carbocycles. The Hall–Kier alpha value is -3.22. The lowest BCUT2D eigenvalue weighted by molar-refractivity contribution is 0.516. The van der Waals surface area contributed by atoms with Gasteiger partial charge in [0.2, 0.25) is 0 Å². The van der Waals surface area contributed by atoms with Crippen molar-refractivity contribution in [1.82, 2.24) is 30.6 Å². The van der Waals surface area contributed by atoms with Crippen molar-refractivity contribution < 1.29 is 0 Å². The van der Waals surface area contributed by atoms with Gasteiger partial charge < -0.3 is 20.6 Å². The van der Waals surface area contributed by atoms with Gasteiger partial charge in [-0.15, -0.1) is 0 Å². The third kappa shape index (κ3) is 3.91. The number of H-pyrrole nitrogens is 2. The van der Waals surface area contributed by atoms with Crippen LogP contribution in [0.1, 0.15) is 56.8 Å². The molecule has 1 saturated carbocycles. The Morgan fingerprint density at radius 3 is 1.60 bits per heavy atom. The Kier molecular flexibility index (Phi) is 4.93. The first kappa shape index (κ1) is 21.1. The van der Waals surface area contributed by atoms with E-state index in [1.807, 2.05) is 12.4 Å². The summed E-state index contributed by atoms with van der Waals surface area (Å²) in [6.07, 6.45) is 7.60. The second-order valence-electron chi connectivity index (χ2n) is 10.8. The minimum absolute atomic E-state index is 0.317. The van der Waals surface area contributed by atoms with Gasteiger partial charge in [0.25, 0.3) is 0 Å². The zero-order valence-electron chi connectivity index (χ0n) is 20.3. The van der Waals surface area contributed by atoms with Crippen molar-refractivity contribution in [2.24, 2.45) is 11.8 Å². The molecule has 3 aliphatic rings. The smallest absolute Gasteiger partial charge is 0.123 e. The Labute approximate surface area is 206 Å². The van der Waals surface area contributed by atoms with Crippen LogP contribution in [0.4, 0.5) is 0 Å². The van der Waals surface area contributed by atoms with E-state index in [9.17, 15) is 0 Å². The molecule has 7 rings (SSSR count). The lowest BCUT2D eigenvalue weighted by Gasteiger charge is -2.09. The Morgan fingerprint density at radius 2 is 1.14 bits per heavy atom. The first-order valence-electron chi connectivity index (χ1n) is 12.9. The molecule has 178 valence electrons. The summed E-state index contributed by atoms with van der Waals surface area (Å²) in [7, 11) is 0. The van der Waals surface area contributed by atoms with Gasteiger partial charge in [-0.3, -0.25) is 0 Å². The first-order valence-corrected chi connectivity index (χ1v) is 12.9. The Morgan fingerprint density at radius 1 is 0.629 bits per heavy atom. The van der Waals surface area contributed by atoms with Gasteiger partial charge in [0.15, 0.2) is 0 Å². The standard InChI is InChI=1S/C29H32N6/c1-16-11-24(32-17(16)2)28-30-14-26(34-28)20-7-3-18(4-8-20)19-5-9-21(10-6-19)27-15-31-29(35-27)25-13-22-12-23(22)33-25/h3-10,14-17,22-25,32-33H,11-13H2,1-2H3,(H,30,34)(H,31,35)/t16?,17-,22?,23?,24?,25?/m0/s1. The topological polar surface area (TPSA) is 81.4 Å². The van der Waals surface area contributed by atoms with Crippen molar-refractivity contribution in [2.45, 2.75) is 57.3 Å². The van der Waals surface area contributed by atoms with E-state index >= 15 is 0 Å². The molecule has 1 aliphatic carbocycles. The van der Waals surface area contributed by atoms with E-state index in [4.69, 9.17) is 0 Å². The van der Waals surface area contributed by atoms with E-state index in [-0.39, 0.29) is 0 Å². The van der Waals surface area contributed by atoms with Crippen LogP contribution in [-0.4, -0.2) is 32.0 Å². The zero-order chi connectivity index (χ0) is 23.5. The Balaban J connectivity index is 1.04. The highest BCUT2D eigenvalue weighted by molar-refractivity contribution is 5.71. The van der Waals surface area contributed by atoms with Crippen molar-refractivity contribution >= 4 is 0 Å². The van der Waals surface area contributed by atoms with Crippen LogP contribution in [0.5, 0.6) is 0 Å². The normalized spacial score (nSPS) is 29.4. The summed E-state index contributed by atoms with van der Waals surface area (Å²) < 4.78 is 0. The molecule has 0 amide bonds. The van der Waals surface area contributed by atoms with Crippen LogP contribution in [0.2, 0.25) is 0 Å². The molecule has 0 radical (unpaired) electrons. The average Bonchev–Trinajstić information content (AvgIpc) is 3.41. The van der Waals surface area contributed by atoms with Gasteiger partial charge in [0, 0.05) is 12.1 Å². The predicted octanol–water partition coefficient (Wildman–Crippen LogP) is 5.62. The van der Waals surface area contributed by atoms with E-state index < -0.39 is 0 Å². The fourth-order valence-corrected chi connectivity index (χ4v) is 5.85. The molecule has 2 aromatic heterocycles. The van der Waals surface area contributed by atoms with Crippen LogP contribution in [-0.2, 0) is 0 Å². The van der Waals surface area contributed by atoms with Gasteiger partial charge >= 0.3 is 0 Å². The number of rotatable bonds is 5. The van der Waals surface area contributed by atoms with Crippen LogP contribution >= 0.6 is 0 Å². The maximum Gasteiger partial charge on any atom is 0.123 e. The number of imidazole rings is 2. The highest BCUT2D eigenvalue weighted by Gasteiger charge is 2.46. The largest absolute Gasteiger partial charge is 0.341 e. The van der Waals surface area contributed by atoms with Gasteiger partial charge in [0.1, 0.15) is 11.6 Å². The van der Waals surface area contributed by atoms with Crippen LogP contribution in [0.3, 0.4) is 0 Å². The van der Waals surface area contributed by atoms with Crippen molar-refractivity contribution in [3.8, 4) is 33.6 Å². The number of nitrogens with one attached hydrogen (secondary N) is 4. The summed E-state index contributed by atoms with van der Waals surface area (Å²) in [6, 6.07) is 19.4. The summed E-state index contributed by atoms with van der Waals surface area (Å²) in [5.74, 6) is 3.65. The van der Waals surface area contributed by atoms with Gasteiger partial charge in [-0.25, -0.2) is 9.97 Å². The minimum Gasteiger partial charge on any atom is -0.341 e. The number of fused-ring (bicyclic) bond motifs is 1. The number of benzene rings is 2. The molecule has 2 aliphatic heterocycles. The summed E-state index contributed by atoms with van der Waals surface area (Å²) in [5, 5.41) is 7.32. The number of hydrogen-bond acceptors (Lipinski definition) is 4. The fraction of sp³-hybridized carbons (Fsp3) is 0.379. The number of aromatic nitrogens is 4. The van der Waals surface area contributed by atoms with E-state index in [0.717, 1.165) is 47.0 Å². The van der Waals surface area contributed by atoms with E-state index in [0.29, 0.717) is 24.0 Å². The maximum atomic E-state index is 4.67. The lowest BCUT2D eigenvalue weighted by atomic mass is 10.0. The zero-order valence-corrected chi connectivity index (χ0v) is 20.3. The molecule has 4 N–H and O–H groups in total. The van der Waals surface area contributed by atoms with Crippen molar-refractivity contribution in [2.75, 3.05) is 0 Å². The Bertz CT molecular complexity index is 1310. The number of aromatic amines is 2. The van der Waals surface area contributed by atoms with E-state index in [2.05, 4.69) is 92.9 Å². The lowest BCUT2D eigenvalue weighted by Crippen LogP contribution is -2.24. The molecular formula is C29H32N6. The highest BCUT2D eigenvalue weighted by atomic mass is 15.1. The van der Waals surface area contributed by atoms with Gasteiger partial charge in [-0.05, 0) is 60.3 Å². The number of nitrogens with zero attached hydrogens (tertiary/aromatic N) is 2. The minimum atomic E-state index is 0.317. The third-order valence-electron chi connectivity index (χ3n) is 8.38. The monoisotopic (exact) mass is 464 g/mol. The first-order chi connectivity index (χ1) is 17.1. The summed E-state index contributed by atoms with van der Waals surface area (Å²) in [4.78, 5) is 16.4. The van der Waals surface area contributed by atoms with Crippen molar-refractivity contribution in [3.05, 3.63) is 72.6 Å². The van der Waals surface area contributed by atoms with Crippen LogP contribution < -0.4 is 10.6 Å². The number of hydrogen-bond donors (Lipinski definition) is 4. The van der Waals surface area contributed by atoms with E-state index in [1.54, 1.807) is 0 Å². The highest BCUT2D eigenvalue weighted by Crippen LogP contribution is 2.45. The second kappa shape index (κ2) is 8.18. The van der Waals surface area contributed by atoms with Crippen molar-refractivity contribution in [3.63, 3.8) is 0 Å². The van der Waals surface area contributed by atoms with Crippen molar-refractivity contribution in [1.29, 1.82) is 0 Å². The van der Waals surface area contributed by atoms with Gasteiger partial charge in [-0.1, -0.05) is 55.5 Å². The second-order valence-corrected chi connectivity index (χ2v) is 10.8. The quantitative estimate of drug-likeness (QED) is 0.309. The molecule has 35 heavy (non-hydrogen) atoms. The number of piperidine rings is 1. The molecule has 3 fully saturated rings. The predicted molar refractivity (Wildman–Crippen MR) is 139 cm³/mol. The van der Waals surface area contributed by atoms with Gasteiger partial charge in [-0.2, -0.15) is 0 Å². The molecule has 6 nitrogen and oxygen atoms in total. The maximum absolute atomic E-state index is 4.67. The molecule has 2 saturated heterocycles. The molecular weight excluding hydrogens is 432 g/mol. The molecule has 6 atom stereocenters. The molecule has 6 heteroatoms. The summed E-state index contributed by atoms with van der Waals surface area (Å²) in [6.45, 7) is 4.55. The molecule has 4 aromatic rings. The molecule has 0 bridgehead atoms. The molecule has 5 unspecified atom stereocenters. The summed E-state index contributed by atoms with van der Waals surface area (Å²) in [5.41, 5.74) is 6.90.